The minimum atomic E-state index is -3.92. The van der Waals surface area contributed by atoms with E-state index in [-0.39, 0.29) is 15.9 Å². The molecule has 0 aliphatic carbocycles. The number of rotatable bonds is 2. The highest BCUT2D eigenvalue weighted by molar-refractivity contribution is 7.90. The van der Waals surface area contributed by atoms with Crippen LogP contribution in [0.25, 0.3) is 0 Å². The number of sulfonamides is 1. The van der Waals surface area contributed by atoms with Gasteiger partial charge < -0.3 is 10.2 Å². The predicted octanol–water partition coefficient (Wildman–Crippen LogP) is 3.39. The van der Waals surface area contributed by atoms with Crippen LogP contribution in [0.1, 0.15) is 6.92 Å². The molecule has 0 bridgehead atoms. The van der Waals surface area contributed by atoms with Gasteiger partial charge >= 0.3 is 0 Å². The smallest absolute Gasteiger partial charge is 0.289 e. The summed E-state index contributed by atoms with van der Waals surface area (Å²) in [5, 5.41) is 3.37. The maximum atomic E-state index is 12.5. The molecule has 9 heteroatoms. The van der Waals surface area contributed by atoms with Crippen LogP contribution in [0.3, 0.4) is 0 Å². The van der Waals surface area contributed by atoms with Gasteiger partial charge in [0.05, 0.1) is 10.7 Å². The molecule has 0 saturated heterocycles. The molecule has 0 atom stereocenters. The summed E-state index contributed by atoms with van der Waals surface area (Å²) in [6.07, 6.45) is 3.25. The van der Waals surface area contributed by atoms with Crippen LogP contribution >= 0.6 is 23.2 Å². The van der Waals surface area contributed by atoms with Crippen LogP contribution in [0.4, 0.5) is 11.4 Å². The summed E-state index contributed by atoms with van der Waals surface area (Å²) in [4.78, 5) is 5.60. The maximum absolute atomic E-state index is 12.5. The number of hydrogen-bond acceptors (Lipinski definition) is 5. The van der Waals surface area contributed by atoms with Gasteiger partial charge in [0.25, 0.3) is 10.0 Å². The van der Waals surface area contributed by atoms with Crippen molar-refractivity contribution < 1.29 is 8.42 Å². The number of aromatic nitrogens is 1. The molecule has 0 saturated carbocycles. The molecule has 3 rings (SSSR count). The monoisotopic (exact) mass is 370 g/mol. The molecule has 2 heterocycles. The third-order valence-electron chi connectivity index (χ3n) is 3.27. The van der Waals surface area contributed by atoms with Gasteiger partial charge in [-0.25, -0.2) is 0 Å². The summed E-state index contributed by atoms with van der Waals surface area (Å²) < 4.78 is 28.8. The average molecular weight is 371 g/mol. The zero-order chi connectivity index (χ0) is 16.6. The van der Waals surface area contributed by atoms with Crippen LogP contribution in [0.2, 0.25) is 10.0 Å². The first-order valence-electron chi connectivity index (χ1n) is 6.71. The van der Waals surface area contributed by atoms with E-state index in [9.17, 15) is 8.42 Å². The van der Waals surface area contributed by atoms with Gasteiger partial charge in [-0.15, -0.1) is 4.40 Å². The van der Waals surface area contributed by atoms with Crippen molar-refractivity contribution >= 4 is 50.6 Å². The third-order valence-corrected chi connectivity index (χ3v) is 5.26. The minimum absolute atomic E-state index is 0.0368. The Balaban J connectivity index is 2.12. The summed E-state index contributed by atoms with van der Waals surface area (Å²) in [6.45, 7) is 2.40. The number of nitrogens with one attached hydrogen (secondary N) is 1. The minimum Gasteiger partial charge on any atom is -0.324 e. The number of fused-ring (bicyclic) bond motifs is 1. The molecule has 120 valence electrons. The van der Waals surface area contributed by atoms with Gasteiger partial charge in [-0.05, 0) is 31.2 Å². The Labute approximate surface area is 143 Å². The lowest BCUT2D eigenvalue weighted by atomic mass is 10.3. The van der Waals surface area contributed by atoms with E-state index in [0.29, 0.717) is 17.3 Å². The molecule has 0 fully saturated rings. The summed E-state index contributed by atoms with van der Waals surface area (Å²) in [5.41, 5.74) is 1.07. The van der Waals surface area contributed by atoms with E-state index in [0.717, 1.165) is 5.69 Å². The number of nitrogens with zero attached hydrogens (tertiary/aromatic N) is 3. The predicted molar refractivity (Wildman–Crippen MR) is 92.0 cm³/mol. The van der Waals surface area contributed by atoms with E-state index in [1.54, 1.807) is 29.4 Å². The largest absolute Gasteiger partial charge is 0.324 e. The third kappa shape index (κ3) is 2.99. The molecule has 1 aliphatic heterocycles. The summed E-state index contributed by atoms with van der Waals surface area (Å²) in [5.74, 6) is 0.185. The second-order valence-electron chi connectivity index (χ2n) is 4.73. The molecule has 0 unspecified atom stereocenters. The Bertz CT molecular complexity index is 885. The number of halogens is 2. The fourth-order valence-corrected chi connectivity index (χ4v) is 4.26. The second-order valence-corrected chi connectivity index (χ2v) is 7.11. The van der Waals surface area contributed by atoms with Crippen molar-refractivity contribution in [3.8, 4) is 0 Å². The molecule has 1 aromatic carbocycles. The van der Waals surface area contributed by atoms with E-state index < -0.39 is 10.0 Å². The van der Waals surface area contributed by atoms with Crippen LogP contribution in [-0.4, -0.2) is 25.9 Å². The topological polar surface area (TPSA) is 74.7 Å². The molecule has 1 aliphatic rings. The Hall–Kier alpha value is -1.83. The zero-order valence-electron chi connectivity index (χ0n) is 12.0. The molecule has 0 spiro atoms. The molecule has 0 radical (unpaired) electrons. The van der Waals surface area contributed by atoms with Crippen molar-refractivity contribution in [2.75, 3.05) is 16.8 Å². The van der Waals surface area contributed by atoms with Crippen molar-refractivity contribution in [2.45, 2.75) is 11.8 Å². The van der Waals surface area contributed by atoms with E-state index in [1.807, 2.05) is 6.92 Å². The first-order chi connectivity index (χ1) is 10.9. The van der Waals surface area contributed by atoms with E-state index in [4.69, 9.17) is 23.2 Å². The number of guanidine groups is 1. The highest BCUT2D eigenvalue weighted by Gasteiger charge is 2.30. The van der Waals surface area contributed by atoms with Crippen LogP contribution in [0.5, 0.6) is 0 Å². The lowest BCUT2D eigenvalue weighted by Crippen LogP contribution is -2.39. The van der Waals surface area contributed by atoms with Gasteiger partial charge in [0.2, 0.25) is 5.96 Å². The summed E-state index contributed by atoms with van der Waals surface area (Å²) in [6, 6.07) is 6.42. The Kier molecular flexibility index (Phi) is 4.18. The molecule has 1 aromatic heterocycles. The van der Waals surface area contributed by atoms with Gasteiger partial charge in [0.15, 0.2) is 0 Å². The van der Waals surface area contributed by atoms with Crippen molar-refractivity contribution in [1.82, 2.24) is 4.98 Å². The SMILES string of the molecule is CCN(C1=NS(=O)(=O)c2c(Cl)cc(Cl)cc2N1)c1ccncc1. The van der Waals surface area contributed by atoms with Crippen LogP contribution < -0.4 is 10.2 Å². The molecular formula is C14H12Cl2N4O2S. The Morgan fingerprint density at radius 3 is 2.57 bits per heavy atom. The van der Waals surface area contributed by atoms with Crippen LogP contribution in [0.15, 0.2) is 46.0 Å². The maximum Gasteiger partial charge on any atom is 0.289 e. The number of hydrogen-bond donors (Lipinski definition) is 1. The number of pyridine rings is 1. The Morgan fingerprint density at radius 2 is 1.91 bits per heavy atom. The van der Waals surface area contributed by atoms with Crippen LogP contribution in [0, 0.1) is 0 Å². The molecule has 0 amide bonds. The van der Waals surface area contributed by atoms with Gasteiger partial charge in [-0.3, -0.25) is 4.98 Å². The molecule has 1 N–H and O–H groups in total. The van der Waals surface area contributed by atoms with Gasteiger partial charge in [-0.1, -0.05) is 23.2 Å². The van der Waals surface area contributed by atoms with Crippen molar-refractivity contribution in [3.05, 3.63) is 46.7 Å². The van der Waals surface area contributed by atoms with Crippen molar-refractivity contribution in [1.29, 1.82) is 0 Å². The first kappa shape index (κ1) is 16.0. The molecule has 23 heavy (non-hydrogen) atoms. The average Bonchev–Trinajstić information content (AvgIpc) is 2.47. The standard InChI is InChI=1S/C14H12Cl2N4O2S/c1-2-20(10-3-5-17-6-4-10)14-18-12-8-9(15)7-11(16)13(12)23(21,22)19-14/h3-8H,2H2,1H3,(H,18,19). The van der Waals surface area contributed by atoms with Crippen molar-refractivity contribution in [2.24, 2.45) is 4.40 Å². The number of benzene rings is 1. The molecule has 6 nitrogen and oxygen atoms in total. The van der Waals surface area contributed by atoms with Crippen LogP contribution in [-0.2, 0) is 10.0 Å². The fourth-order valence-electron chi connectivity index (χ4n) is 2.31. The van der Waals surface area contributed by atoms with E-state index >= 15 is 0 Å². The molecule has 2 aromatic rings. The zero-order valence-corrected chi connectivity index (χ0v) is 14.3. The number of anilines is 2. The van der Waals surface area contributed by atoms with E-state index in [1.165, 1.54) is 12.1 Å². The van der Waals surface area contributed by atoms with E-state index in [2.05, 4.69) is 14.7 Å². The van der Waals surface area contributed by atoms with Gasteiger partial charge in [-0.2, -0.15) is 8.42 Å². The normalized spacial score (nSPS) is 15.3. The lowest BCUT2D eigenvalue weighted by Gasteiger charge is -2.28. The highest BCUT2D eigenvalue weighted by atomic mass is 35.5. The summed E-state index contributed by atoms with van der Waals surface area (Å²) in [7, 11) is -3.92. The van der Waals surface area contributed by atoms with Gasteiger partial charge in [0.1, 0.15) is 4.90 Å². The quantitative estimate of drug-likeness (QED) is 0.876. The van der Waals surface area contributed by atoms with Crippen molar-refractivity contribution in [3.63, 3.8) is 0 Å². The lowest BCUT2D eigenvalue weighted by molar-refractivity contribution is 0.597. The highest BCUT2D eigenvalue weighted by Crippen LogP contribution is 2.37. The van der Waals surface area contributed by atoms with Gasteiger partial charge in [0, 0.05) is 29.6 Å². The fraction of sp³-hybridized carbons (Fsp3) is 0.143. The first-order valence-corrected chi connectivity index (χ1v) is 8.90. The summed E-state index contributed by atoms with van der Waals surface area (Å²) >= 11 is 12.0. The Morgan fingerprint density at radius 1 is 1.22 bits per heavy atom. The molecular weight excluding hydrogens is 359 g/mol. The second kappa shape index (κ2) is 5.99.